The molecule has 2 aromatic carbocycles. The SMILES string of the molecule is COc1cc(NC(=O)Nc2nc3c(C)c(Cl)ccc3s2)cc(OC)c1OC. The van der Waals surface area contributed by atoms with Crippen molar-refractivity contribution in [2.75, 3.05) is 32.0 Å². The van der Waals surface area contributed by atoms with Gasteiger partial charge in [0.1, 0.15) is 0 Å². The van der Waals surface area contributed by atoms with E-state index in [1.165, 1.54) is 32.7 Å². The van der Waals surface area contributed by atoms with Gasteiger partial charge >= 0.3 is 6.03 Å². The summed E-state index contributed by atoms with van der Waals surface area (Å²) in [5.41, 5.74) is 2.14. The lowest BCUT2D eigenvalue weighted by molar-refractivity contribution is 0.262. The Kier molecular flexibility index (Phi) is 5.57. The highest BCUT2D eigenvalue weighted by Crippen LogP contribution is 2.40. The Morgan fingerprint density at radius 3 is 2.33 bits per heavy atom. The molecule has 7 nitrogen and oxygen atoms in total. The van der Waals surface area contributed by atoms with Crippen molar-refractivity contribution in [2.24, 2.45) is 0 Å². The van der Waals surface area contributed by atoms with Crippen molar-refractivity contribution in [1.82, 2.24) is 4.98 Å². The van der Waals surface area contributed by atoms with E-state index in [-0.39, 0.29) is 0 Å². The number of halogens is 1. The summed E-state index contributed by atoms with van der Waals surface area (Å²) >= 11 is 7.49. The fourth-order valence-corrected chi connectivity index (χ4v) is 3.64. The van der Waals surface area contributed by atoms with E-state index in [1.807, 2.05) is 19.1 Å². The van der Waals surface area contributed by atoms with Gasteiger partial charge in [-0.3, -0.25) is 5.32 Å². The van der Waals surface area contributed by atoms with Gasteiger partial charge in [-0.05, 0) is 24.6 Å². The fourth-order valence-electron chi connectivity index (χ4n) is 2.57. The zero-order valence-corrected chi connectivity index (χ0v) is 16.7. The molecule has 3 rings (SSSR count). The predicted octanol–water partition coefficient (Wildman–Crippen LogP) is 4.93. The van der Waals surface area contributed by atoms with E-state index in [1.54, 1.807) is 12.1 Å². The van der Waals surface area contributed by atoms with E-state index in [0.717, 1.165) is 15.8 Å². The average Bonchev–Trinajstić information content (AvgIpc) is 3.06. The number of hydrogen-bond acceptors (Lipinski definition) is 6. The lowest BCUT2D eigenvalue weighted by Gasteiger charge is -2.14. The van der Waals surface area contributed by atoms with Crippen LogP contribution >= 0.6 is 22.9 Å². The van der Waals surface area contributed by atoms with E-state index in [0.29, 0.717) is 33.1 Å². The molecular weight excluding hydrogens is 390 g/mol. The van der Waals surface area contributed by atoms with Crippen molar-refractivity contribution in [3.05, 3.63) is 34.9 Å². The minimum Gasteiger partial charge on any atom is -0.493 e. The molecule has 142 valence electrons. The standard InChI is InChI=1S/C18H18ClN3O4S/c1-9-11(19)5-6-14-15(9)21-18(27-14)22-17(23)20-10-7-12(24-2)16(26-4)13(8-10)25-3/h5-8H,1-4H3,(H2,20,21,22,23). The number of anilines is 2. The van der Waals surface area contributed by atoms with Crippen molar-refractivity contribution in [3.63, 3.8) is 0 Å². The highest BCUT2D eigenvalue weighted by molar-refractivity contribution is 7.22. The molecule has 0 unspecified atom stereocenters. The molecule has 2 amide bonds. The number of carbonyl (C=O) groups excluding carboxylic acids is 1. The number of rotatable bonds is 5. The van der Waals surface area contributed by atoms with Gasteiger partial charge in [0.05, 0.1) is 37.2 Å². The van der Waals surface area contributed by atoms with E-state index < -0.39 is 6.03 Å². The largest absolute Gasteiger partial charge is 0.493 e. The molecule has 27 heavy (non-hydrogen) atoms. The first-order valence-corrected chi connectivity index (χ1v) is 9.10. The van der Waals surface area contributed by atoms with Crippen LogP contribution in [-0.4, -0.2) is 32.3 Å². The summed E-state index contributed by atoms with van der Waals surface area (Å²) in [6, 6.07) is 6.54. The molecule has 0 spiro atoms. The van der Waals surface area contributed by atoms with Crippen LogP contribution < -0.4 is 24.8 Å². The maximum atomic E-state index is 12.4. The monoisotopic (exact) mass is 407 g/mol. The molecule has 0 saturated heterocycles. The van der Waals surface area contributed by atoms with Crippen LogP contribution in [0.1, 0.15) is 5.56 Å². The Hall–Kier alpha value is -2.71. The minimum atomic E-state index is -0.438. The Balaban J connectivity index is 1.81. The number of urea groups is 1. The first-order chi connectivity index (χ1) is 13.0. The number of aromatic nitrogens is 1. The van der Waals surface area contributed by atoms with Crippen molar-refractivity contribution in [1.29, 1.82) is 0 Å². The van der Waals surface area contributed by atoms with Crippen LogP contribution in [0, 0.1) is 6.92 Å². The minimum absolute atomic E-state index is 0.438. The number of methoxy groups -OCH3 is 3. The Morgan fingerprint density at radius 2 is 1.74 bits per heavy atom. The summed E-state index contributed by atoms with van der Waals surface area (Å²) in [5.74, 6) is 1.33. The summed E-state index contributed by atoms with van der Waals surface area (Å²) in [6.45, 7) is 1.89. The molecule has 0 aliphatic rings. The lowest BCUT2D eigenvalue weighted by atomic mass is 10.2. The smallest absolute Gasteiger partial charge is 0.325 e. The molecule has 1 heterocycles. The highest BCUT2D eigenvalue weighted by atomic mass is 35.5. The van der Waals surface area contributed by atoms with Gasteiger partial charge < -0.3 is 19.5 Å². The van der Waals surface area contributed by atoms with Gasteiger partial charge in [0.15, 0.2) is 16.6 Å². The molecule has 0 atom stereocenters. The third kappa shape index (κ3) is 3.86. The Bertz CT molecular complexity index is 981. The van der Waals surface area contributed by atoms with Crippen LogP contribution in [0.15, 0.2) is 24.3 Å². The molecule has 0 fully saturated rings. The number of benzene rings is 2. The quantitative estimate of drug-likeness (QED) is 0.626. The summed E-state index contributed by atoms with van der Waals surface area (Å²) in [6.07, 6.45) is 0. The number of thiazole rings is 1. The molecule has 3 aromatic rings. The number of nitrogens with zero attached hydrogens (tertiary/aromatic N) is 1. The summed E-state index contributed by atoms with van der Waals surface area (Å²) in [7, 11) is 4.53. The van der Waals surface area contributed by atoms with E-state index in [4.69, 9.17) is 25.8 Å². The van der Waals surface area contributed by atoms with Gasteiger partial charge in [0, 0.05) is 17.2 Å². The number of amides is 2. The first-order valence-electron chi connectivity index (χ1n) is 7.90. The fraction of sp³-hybridized carbons (Fsp3) is 0.222. The maximum absolute atomic E-state index is 12.4. The van der Waals surface area contributed by atoms with Crippen molar-refractivity contribution < 1.29 is 19.0 Å². The van der Waals surface area contributed by atoms with Crippen LogP contribution in [0.5, 0.6) is 17.2 Å². The molecule has 9 heteroatoms. The number of carbonyl (C=O) groups is 1. The second-order valence-electron chi connectivity index (χ2n) is 5.53. The van der Waals surface area contributed by atoms with Crippen LogP contribution in [-0.2, 0) is 0 Å². The van der Waals surface area contributed by atoms with Crippen LogP contribution in [0.3, 0.4) is 0 Å². The van der Waals surface area contributed by atoms with Crippen LogP contribution in [0.4, 0.5) is 15.6 Å². The molecule has 1 aromatic heterocycles. The summed E-state index contributed by atoms with van der Waals surface area (Å²) in [5, 5.41) is 6.58. The van der Waals surface area contributed by atoms with E-state index in [9.17, 15) is 4.79 Å². The normalized spacial score (nSPS) is 10.6. The second kappa shape index (κ2) is 7.89. The summed E-state index contributed by atoms with van der Waals surface area (Å²) in [4.78, 5) is 16.8. The summed E-state index contributed by atoms with van der Waals surface area (Å²) < 4.78 is 16.8. The van der Waals surface area contributed by atoms with Crippen molar-refractivity contribution >= 4 is 50.0 Å². The third-order valence-electron chi connectivity index (χ3n) is 3.89. The van der Waals surface area contributed by atoms with Gasteiger partial charge in [0.25, 0.3) is 0 Å². The van der Waals surface area contributed by atoms with Gasteiger partial charge in [-0.2, -0.15) is 0 Å². The third-order valence-corrected chi connectivity index (χ3v) is 5.24. The molecule has 0 aliphatic heterocycles. The predicted molar refractivity (Wildman–Crippen MR) is 108 cm³/mol. The number of hydrogen-bond donors (Lipinski definition) is 2. The molecule has 0 radical (unpaired) electrons. The van der Waals surface area contributed by atoms with Crippen LogP contribution in [0.25, 0.3) is 10.2 Å². The average molecular weight is 408 g/mol. The number of fused-ring (bicyclic) bond motifs is 1. The zero-order valence-electron chi connectivity index (χ0n) is 15.2. The number of nitrogens with one attached hydrogen (secondary N) is 2. The molecule has 2 N–H and O–H groups in total. The van der Waals surface area contributed by atoms with Gasteiger partial charge in [-0.1, -0.05) is 22.9 Å². The van der Waals surface area contributed by atoms with Crippen molar-refractivity contribution in [3.8, 4) is 17.2 Å². The maximum Gasteiger partial charge on any atom is 0.325 e. The molecule has 0 bridgehead atoms. The topological polar surface area (TPSA) is 81.7 Å². The second-order valence-corrected chi connectivity index (χ2v) is 6.97. The van der Waals surface area contributed by atoms with E-state index in [2.05, 4.69) is 15.6 Å². The van der Waals surface area contributed by atoms with Crippen LogP contribution in [0.2, 0.25) is 5.02 Å². The highest BCUT2D eigenvalue weighted by Gasteiger charge is 2.15. The van der Waals surface area contributed by atoms with Gasteiger partial charge in [0.2, 0.25) is 5.75 Å². The Morgan fingerprint density at radius 1 is 1.07 bits per heavy atom. The van der Waals surface area contributed by atoms with E-state index >= 15 is 0 Å². The van der Waals surface area contributed by atoms with Gasteiger partial charge in [-0.25, -0.2) is 9.78 Å². The Labute approximate surface area is 165 Å². The first kappa shape index (κ1) is 19.1. The lowest BCUT2D eigenvalue weighted by Crippen LogP contribution is -2.19. The number of ether oxygens (including phenoxy) is 3. The van der Waals surface area contributed by atoms with Crippen molar-refractivity contribution in [2.45, 2.75) is 6.92 Å². The molecular formula is C18H18ClN3O4S. The molecule has 0 saturated carbocycles. The molecule has 0 aliphatic carbocycles. The zero-order chi connectivity index (χ0) is 19.6. The van der Waals surface area contributed by atoms with Gasteiger partial charge in [-0.15, -0.1) is 0 Å². The number of aryl methyl sites for hydroxylation is 1.